The molecule has 0 aliphatic heterocycles. The van der Waals surface area contributed by atoms with Gasteiger partial charge in [-0.3, -0.25) is 4.68 Å². The second-order valence-electron chi connectivity index (χ2n) is 5.10. The van der Waals surface area contributed by atoms with Gasteiger partial charge < -0.3 is 5.32 Å². The van der Waals surface area contributed by atoms with Crippen molar-refractivity contribution in [1.82, 2.24) is 15.1 Å². The fraction of sp³-hybridized carbons (Fsp3) is 0.643. The van der Waals surface area contributed by atoms with Crippen molar-refractivity contribution in [3.63, 3.8) is 0 Å². The minimum absolute atomic E-state index is 0.550. The second-order valence-corrected chi connectivity index (χ2v) is 5.46. The van der Waals surface area contributed by atoms with E-state index >= 15 is 0 Å². The van der Waals surface area contributed by atoms with E-state index < -0.39 is 0 Å². The molecule has 0 bridgehead atoms. The van der Waals surface area contributed by atoms with Gasteiger partial charge in [0, 0.05) is 18.7 Å². The van der Waals surface area contributed by atoms with Crippen molar-refractivity contribution >= 4 is 11.6 Å². The lowest BCUT2D eigenvalue weighted by atomic mass is 10.1. The first kappa shape index (κ1) is 15.3. The number of hydrogen-bond donors (Lipinski definition) is 1. The Morgan fingerprint density at radius 2 is 2.17 bits per heavy atom. The maximum Gasteiger partial charge on any atom is 0.130 e. The number of aromatic nitrogens is 2. The molecule has 3 nitrogen and oxygen atoms in total. The van der Waals surface area contributed by atoms with Crippen LogP contribution in [0.15, 0.2) is 11.6 Å². The molecule has 0 aliphatic rings. The van der Waals surface area contributed by atoms with Gasteiger partial charge >= 0.3 is 0 Å². The summed E-state index contributed by atoms with van der Waals surface area (Å²) < 4.78 is 1.74. The normalized spacial score (nSPS) is 12.5. The quantitative estimate of drug-likeness (QED) is 0.635. The molecule has 1 heterocycles. The molecule has 18 heavy (non-hydrogen) atoms. The third-order valence-electron chi connectivity index (χ3n) is 2.92. The van der Waals surface area contributed by atoms with Crippen LogP contribution < -0.4 is 5.32 Å². The lowest BCUT2D eigenvalue weighted by Gasteiger charge is -2.06. The molecule has 0 saturated heterocycles. The molecule has 0 fully saturated rings. The first-order chi connectivity index (χ1) is 8.41. The van der Waals surface area contributed by atoms with Crippen LogP contribution in [-0.2, 0) is 13.5 Å². The fourth-order valence-corrected chi connectivity index (χ4v) is 2.16. The van der Waals surface area contributed by atoms with Crippen molar-refractivity contribution in [3.05, 3.63) is 28.1 Å². The van der Waals surface area contributed by atoms with Gasteiger partial charge in [0.15, 0.2) is 0 Å². The van der Waals surface area contributed by atoms with Crippen LogP contribution in [-0.4, -0.2) is 22.4 Å². The van der Waals surface area contributed by atoms with Crippen molar-refractivity contribution in [1.29, 1.82) is 0 Å². The average molecular weight is 270 g/mol. The van der Waals surface area contributed by atoms with Crippen LogP contribution >= 0.6 is 11.6 Å². The van der Waals surface area contributed by atoms with Gasteiger partial charge in [-0.05, 0) is 33.2 Å². The molecule has 4 heteroatoms. The second kappa shape index (κ2) is 6.95. The number of nitrogens with one attached hydrogen (secondary N) is 1. The smallest absolute Gasteiger partial charge is 0.130 e. The molecule has 0 atom stereocenters. The van der Waals surface area contributed by atoms with E-state index in [0.717, 1.165) is 35.8 Å². The molecule has 1 N–H and O–H groups in total. The third kappa shape index (κ3) is 4.46. The van der Waals surface area contributed by atoms with Crippen molar-refractivity contribution < 1.29 is 0 Å². The molecule has 1 aromatic heterocycles. The van der Waals surface area contributed by atoms with Crippen LogP contribution in [0.2, 0.25) is 5.15 Å². The Hall–Kier alpha value is -0.800. The molecule has 0 aromatic carbocycles. The molecule has 1 rings (SSSR count). The Bertz CT molecular complexity index is 419. The van der Waals surface area contributed by atoms with Gasteiger partial charge in [0.1, 0.15) is 5.15 Å². The molecule has 0 aliphatic carbocycles. The maximum absolute atomic E-state index is 6.22. The van der Waals surface area contributed by atoms with E-state index in [2.05, 4.69) is 37.3 Å². The molecule has 0 amide bonds. The van der Waals surface area contributed by atoms with Crippen molar-refractivity contribution in [2.75, 3.05) is 6.54 Å². The van der Waals surface area contributed by atoms with E-state index in [1.54, 1.807) is 4.68 Å². The summed E-state index contributed by atoms with van der Waals surface area (Å²) in [7, 11) is 1.88. The third-order valence-corrected chi connectivity index (χ3v) is 3.39. The van der Waals surface area contributed by atoms with Gasteiger partial charge in [-0.25, -0.2) is 0 Å². The summed E-state index contributed by atoms with van der Waals surface area (Å²) in [6, 6.07) is 0.550. The molecule has 0 radical (unpaired) electrons. The summed E-state index contributed by atoms with van der Waals surface area (Å²) >= 11 is 6.22. The maximum atomic E-state index is 6.22. The standard InChI is InChI=1S/C14H24ClN3/c1-10(2)16-8-6-7-11(3)9-13-12(4)17-18(5)14(13)15/h7,10,16H,6,8-9H2,1-5H3/b11-7-. The molecule has 0 unspecified atom stereocenters. The van der Waals surface area contributed by atoms with E-state index in [0.29, 0.717) is 6.04 Å². The number of rotatable bonds is 6. The van der Waals surface area contributed by atoms with Crippen LogP contribution in [0.4, 0.5) is 0 Å². The van der Waals surface area contributed by atoms with Gasteiger partial charge in [-0.15, -0.1) is 0 Å². The lowest BCUT2D eigenvalue weighted by molar-refractivity contribution is 0.594. The first-order valence-corrected chi connectivity index (χ1v) is 6.86. The summed E-state index contributed by atoms with van der Waals surface area (Å²) in [5.41, 5.74) is 3.51. The van der Waals surface area contributed by atoms with Crippen LogP contribution in [0.5, 0.6) is 0 Å². The van der Waals surface area contributed by atoms with Crippen LogP contribution in [0.1, 0.15) is 38.4 Å². The highest BCUT2D eigenvalue weighted by molar-refractivity contribution is 6.30. The zero-order valence-electron chi connectivity index (χ0n) is 12.0. The van der Waals surface area contributed by atoms with E-state index in [1.807, 2.05) is 14.0 Å². The Morgan fingerprint density at radius 3 is 2.67 bits per heavy atom. The fourth-order valence-electron chi connectivity index (χ4n) is 1.92. The lowest BCUT2D eigenvalue weighted by Crippen LogP contribution is -2.23. The summed E-state index contributed by atoms with van der Waals surface area (Å²) in [6.07, 6.45) is 4.22. The summed E-state index contributed by atoms with van der Waals surface area (Å²) in [6.45, 7) is 9.51. The summed E-state index contributed by atoms with van der Waals surface area (Å²) in [5, 5.41) is 8.48. The zero-order chi connectivity index (χ0) is 13.7. The minimum Gasteiger partial charge on any atom is -0.314 e. The SMILES string of the molecule is C/C(=C/CCNC(C)C)Cc1c(C)nn(C)c1Cl. The number of nitrogens with zero attached hydrogens (tertiary/aromatic N) is 2. The topological polar surface area (TPSA) is 29.9 Å². The highest BCUT2D eigenvalue weighted by atomic mass is 35.5. The molecule has 0 spiro atoms. The number of hydrogen-bond acceptors (Lipinski definition) is 2. The molecular weight excluding hydrogens is 246 g/mol. The first-order valence-electron chi connectivity index (χ1n) is 6.48. The monoisotopic (exact) mass is 269 g/mol. The molecule has 0 saturated carbocycles. The van der Waals surface area contributed by atoms with E-state index in [9.17, 15) is 0 Å². The van der Waals surface area contributed by atoms with E-state index in [4.69, 9.17) is 11.6 Å². The van der Waals surface area contributed by atoms with Gasteiger partial charge in [-0.1, -0.05) is 37.1 Å². The van der Waals surface area contributed by atoms with Crippen molar-refractivity contribution in [2.24, 2.45) is 7.05 Å². The Kier molecular flexibility index (Phi) is 5.89. The van der Waals surface area contributed by atoms with Gasteiger partial charge in [0.2, 0.25) is 0 Å². The zero-order valence-corrected chi connectivity index (χ0v) is 12.8. The largest absolute Gasteiger partial charge is 0.314 e. The number of aryl methyl sites for hydroxylation is 2. The van der Waals surface area contributed by atoms with E-state index in [-0.39, 0.29) is 0 Å². The predicted molar refractivity (Wildman–Crippen MR) is 78.2 cm³/mol. The van der Waals surface area contributed by atoms with E-state index in [1.165, 1.54) is 5.57 Å². The van der Waals surface area contributed by atoms with Crippen molar-refractivity contribution in [2.45, 2.75) is 46.6 Å². The average Bonchev–Trinajstić information content (AvgIpc) is 2.51. The number of halogens is 1. The molecule has 102 valence electrons. The molecular formula is C14H24ClN3. The minimum atomic E-state index is 0.550. The van der Waals surface area contributed by atoms with Crippen LogP contribution in [0, 0.1) is 6.92 Å². The summed E-state index contributed by atoms with van der Waals surface area (Å²) in [4.78, 5) is 0. The van der Waals surface area contributed by atoms with Gasteiger partial charge in [-0.2, -0.15) is 5.10 Å². The molecule has 1 aromatic rings. The highest BCUT2D eigenvalue weighted by Crippen LogP contribution is 2.21. The van der Waals surface area contributed by atoms with Crippen LogP contribution in [0.25, 0.3) is 0 Å². The highest BCUT2D eigenvalue weighted by Gasteiger charge is 2.10. The Balaban J connectivity index is 2.53. The Labute approximate surface area is 115 Å². The Morgan fingerprint density at radius 1 is 1.50 bits per heavy atom. The predicted octanol–water partition coefficient (Wildman–Crippen LogP) is 3.26. The van der Waals surface area contributed by atoms with Gasteiger partial charge in [0.05, 0.1) is 5.69 Å². The van der Waals surface area contributed by atoms with Crippen molar-refractivity contribution in [3.8, 4) is 0 Å². The van der Waals surface area contributed by atoms with Gasteiger partial charge in [0.25, 0.3) is 0 Å². The summed E-state index contributed by atoms with van der Waals surface area (Å²) in [5.74, 6) is 0. The number of allylic oxidation sites excluding steroid dienone is 1. The van der Waals surface area contributed by atoms with Crippen LogP contribution in [0.3, 0.4) is 0 Å².